The topological polar surface area (TPSA) is 44.8 Å². The van der Waals surface area contributed by atoms with Crippen LogP contribution in [0.2, 0.25) is 0 Å². The van der Waals surface area contributed by atoms with Gasteiger partial charge in [-0.1, -0.05) is 0 Å². The Morgan fingerprint density at radius 2 is 1.94 bits per heavy atom. The van der Waals surface area contributed by atoms with Gasteiger partial charge in [0.15, 0.2) is 6.29 Å². The van der Waals surface area contributed by atoms with Crippen LogP contribution in [-0.2, 0) is 19.0 Å². The summed E-state index contributed by atoms with van der Waals surface area (Å²) >= 11 is 0. The molecule has 2 fully saturated rings. The Bertz CT molecular complexity index is 253. The number of esters is 1. The second-order valence-electron chi connectivity index (χ2n) is 5.16. The van der Waals surface area contributed by atoms with E-state index in [2.05, 4.69) is 0 Å². The van der Waals surface area contributed by atoms with Crippen molar-refractivity contribution in [2.75, 3.05) is 13.2 Å². The van der Waals surface area contributed by atoms with Crippen molar-refractivity contribution in [2.24, 2.45) is 5.92 Å². The van der Waals surface area contributed by atoms with Crippen molar-refractivity contribution in [2.45, 2.75) is 64.3 Å². The monoisotopic (exact) mass is 256 g/mol. The molecule has 18 heavy (non-hydrogen) atoms. The predicted octanol–water partition coefficient (Wildman–Crippen LogP) is 2.65. The zero-order valence-corrected chi connectivity index (χ0v) is 11.2. The molecule has 4 nitrogen and oxygen atoms in total. The van der Waals surface area contributed by atoms with E-state index in [4.69, 9.17) is 14.2 Å². The van der Waals surface area contributed by atoms with Crippen LogP contribution in [-0.4, -0.2) is 31.6 Å². The number of hydrogen-bond acceptors (Lipinski definition) is 4. The summed E-state index contributed by atoms with van der Waals surface area (Å²) in [5.41, 5.74) is 0. The van der Waals surface area contributed by atoms with Gasteiger partial charge in [0.1, 0.15) is 0 Å². The van der Waals surface area contributed by atoms with Crippen LogP contribution >= 0.6 is 0 Å². The molecule has 0 amide bonds. The van der Waals surface area contributed by atoms with Gasteiger partial charge < -0.3 is 14.2 Å². The third-order valence-corrected chi connectivity index (χ3v) is 3.78. The van der Waals surface area contributed by atoms with Gasteiger partial charge in [-0.3, -0.25) is 4.79 Å². The molecule has 0 aromatic carbocycles. The van der Waals surface area contributed by atoms with Crippen LogP contribution in [0.4, 0.5) is 0 Å². The first kappa shape index (κ1) is 13.8. The normalized spacial score (nSPS) is 33.1. The minimum atomic E-state index is -0.0372. The number of rotatable bonds is 4. The molecule has 1 saturated heterocycles. The lowest BCUT2D eigenvalue weighted by molar-refractivity contribution is -0.195. The van der Waals surface area contributed by atoms with Gasteiger partial charge in [-0.05, 0) is 51.9 Å². The summed E-state index contributed by atoms with van der Waals surface area (Å²) in [6.07, 6.45) is 7.27. The number of ether oxygens (including phenoxy) is 3. The maximum Gasteiger partial charge on any atom is 0.308 e. The van der Waals surface area contributed by atoms with E-state index >= 15 is 0 Å². The molecule has 104 valence electrons. The molecule has 1 atom stereocenters. The molecular weight excluding hydrogens is 232 g/mol. The van der Waals surface area contributed by atoms with Crippen LogP contribution in [0.3, 0.4) is 0 Å². The molecule has 2 aliphatic rings. The van der Waals surface area contributed by atoms with Crippen molar-refractivity contribution in [3.05, 3.63) is 0 Å². The lowest BCUT2D eigenvalue weighted by Crippen LogP contribution is -2.32. The van der Waals surface area contributed by atoms with E-state index in [-0.39, 0.29) is 24.3 Å². The van der Waals surface area contributed by atoms with Crippen LogP contribution in [0.25, 0.3) is 0 Å². The summed E-state index contributed by atoms with van der Waals surface area (Å²) in [6, 6.07) is 0. The van der Waals surface area contributed by atoms with E-state index in [9.17, 15) is 4.79 Å². The molecule has 4 heteroatoms. The van der Waals surface area contributed by atoms with Crippen molar-refractivity contribution in [3.63, 3.8) is 0 Å². The molecule has 0 aromatic heterocycles. The first-order chi connectivity index (χ1) is 8.79. The molecule has 0 aromatic rings. The van der Waals surface area contributed by atoms with Gasteiger partial charge in [-0.15, -0.1) is 0 Å². The Hall–Kier alpha value is -0.610. The average Bonchev–Trinajstić information content (AvgIpc) is 2.41. The molecule has 1 aliphatic heterocycles. The Balaban J connectivity index is 1.68. The van der Waals surface area contributed by atoms with Gasteiger partial charge >= 0.3 is 5.97 Å². The van der Waals surface area contributed by atoms with E-state index in [1.807, 2.05) is 6.92 Å². The van der Waals surface area contributed by atoms with E-state index in [1.165, 1.54) is 6.42 Å². The fourth-order valence-electron chi connectivity index (χ4n) is 2.73. The zero-order valence-electron chi connectivity index (χ0n) is 11.2. The van der Waals surface area contributed by atoms with Crippen molar-refractivity contribution in [1.82, 2.24) is 0 Å². The third-order valence-electron chi connectivity index (χ3n) is 3.78. The second kappa shape index (κ2) is 7.10. The highest BCUT2D eigenvalue weighted by Crippen LogP contribution is 2.29. The summed E-state index contributed by atoms with van der Waals surface area (Å²) in [7, 11) is 0. The fourth-order valence-corrected chi connectivity index (χ4v) is 2.73. The van der Waals surface area contributed by atoms with Gasteiger partial charge in [0.05, 0.1) is 18.6 Å². The second-order valence-corrected chi connectivity index (χ2v) is 5.16. The van der Waals surface area contributed by atoms with Crippen LogP contribution in [0.15, 0.2) is 0 Å². The number of carbonyl (C=O) groups excluding carboxylic acids is 1. The Morgan fingerprint density at radius 3 is 2.56 bits per heavy atom. The molecule has 0 radical (unpaired) electrons. The minimum Gasteiger partial charge on any atom is -0.466 e. The minimum absolute atomic E-state index is 0.0112. The first-order valence-electron chi connectivity index (χ1n) is 7.23. The van der Waals surface area contributed by atoms with Gasteiger partial charge in [0, 0.05) is 6.61 Å². The molecule has 0 spiro atoms. The summed E-state index contributed by atoms with van der Waals surface area (Å²) in [5, 5.41) is 0. The van der Waals surface area contributed by atoms with E-state index in [0.717, 1.165) is 45.1 Å². The highest BCUT2D eigenvalue weighted by molar-refractivity contribution is 5.72. The Kier molecular flexibility index (Phi) is 5.45. The molecule has 1 saturated carbocycles. The zero-order chi connectivity index (χ0) is 12.8. The van der Waals surface area contributed by atoms with Crippen molar-refractivity contribution in [1.29, 1.82) is 0 Å². The SMILES string of the molecule is CCOC(=O)C1CCC(O[C@H]2CCCCO2)CC1. The summed E-state index contributed by atoms with van der Waals surface area (Å²) in [5.74, 6) is 0.0435. The van der Waals surface area contributed by atoms with E-state index in [0.29, 0.717) is 6.61 Å². The van der Waals surface area contributed by atoms with Crippen molar-refractivity contribution < 1.29 is 19.0 Å². The molecule has 2 rings (SSSR count). The lowest BCUT2D eigenvalue weighted by atomic mass is 9.87. The van der Waals surface area contributed by atoms with Crippen LogP contribution < -0.4 is 0 Å². The highest BCUT2D eigenvalue weighted by atomic mass is 16.7. The van der Waals surface area contributed by atoms with Gasteiger partial charge in [-0.2, -0.15) is 0 Å². The smallest absolute Gasteiger partial charge is 0.308 e. The molecule has 0 N–H and O–H groups in total. The molecule has 0 bridgehead atoms. The van der Waals surface area contributed by atoms with Gasteiger partial charge in [0.25, 0.3) is 0 Å². The summed E-state index contributed by atoms with van der Waals surface area (Å²) in [6.45, 7) is 3.15. The van der Waals surface area contributed by atoms with Crippen molar-refractivity contribution in [3.8, 4) is 0 Å². The average molecular weight is 256 g/mol. The molecular formula is C14H24O4. The van der Waals surface area contributed by atoms with Crippen molar-refractivity contribution >= 4 is 5.97 Å². The Labute approximate surface area is 109 Å². The van der Waals surface area contributed by atoms with Crippen LogP contribution in [0, 0.1) is 5.92 Å². The van der Waals surface area contributed by atoms with Crippen LogP contribution in [0.5, 0.6) is 0 Å². The van der Waals surface area contributed by atoms with E-state index in [1.54, 1.807) is 0 Å². The maximum atomic E-state index is 11.6. The molecule has 0 unspecified atom stereocenters. The third kappa shape index (κ3) is 3.95. The molecule has 1 aliphatic carbocycles. The highest BCUT2D eigenvalue weighted by Gasteiger charge is 2.29. The summed E-state index contributed by atoms with van der Waals surface area (Å²) < 4.78 is 16.6. The quantitative estimate of drug-likeness (QED) is 0.725. The Morgan fingerprint density at radius 1 is 1.17 bits per heavy atom. The maximum absolute atomic E-state index is 11.6. The number of hydrogen-bond donors (Lipinski definition) is 0. The lowest BCUT2D eigenvalue weighted by Gasteiger charge is -2.31. The number of carbonyl (C=O) groups is 1. The fraction of sp³-hybridized carbons (Fsp3) is 0.929. The standard InChI is InChI=1S/C14H24O4/c1-2-16-14(15)11-6-8-12(9-7-11)18-13-5-3-4-10-17-13/h11-13H,2-10H2,1H3/t11?,12?,13-/m0/s1. The van der Waals surface area contributed by atoms with E-state index < -0.39 is 0 Å². The first-order valence-corrected chi connectivity index (χ1v) is 7.23. The summed E-state index contributed by atoms with van der Waals surface area (Å²) in [4.78, 5) is 11.6. The molecule has 1 heterocycles. The van der Waals surface area contributed by atoms with Gasteiger partial charge in [0.2, 0.25) is 0 Å². The van der Waals surface area contributed by atoms with Gasteiger partial charge in [-0.25, -0.2) is 0 Å². The van der Waals surface area contributed by atoms with Crippen LogP contribution in [0.1, 0.15) is 51.9 Å². The largest absolute Gasteiger partial charge is 0.466 e. The predicted molar refractivity (Wildman–Crippen MR) is 67.1 cm³/mol.